The molecule has 0 aliphatic heterocycles. The van der Waals surface area contributed by atoms with E-state index in [0.29, 0.717) is 6.42 Å². The largest absolute Gasteiger partial charge is 0.481 e. The van der Waals surface area contributed by atoms with Crippen LogP contribution >= 0.6 is 0 Å². The number of aliphatic carboxylic acids is 1. The maximum atomic E-state index is 12.8. The molecule has 0 aromatic heterocycles. The lowest BCUT2D eigenvalue weighted by Crippen LogP contribution is -2.53. The number of fused-ring (bicyclic) bond motifs is 3. The summed E-state index contributed by atoms with van der Waals surface area (Å²) >= 11 is 0. The van der Waals surface area contributed by atoms with Gasteiger partial charge in [0.25, 0.3) is 0 Å². The van der Waals surface area contributed by atoms with Crippen LogP contribution in [0.25, 0.3) is 11.1 Å². The highest BCUT2D eigenvalue weighted by Gasteiger charge is 2.32. The van der Waals surface area contributed by atoms with E-state index < -0.39 is 42.4 Å². The molecule has 35 heavy (non-hydrogen) atoms. The third-order valence-corrected chi connectivity index (χ3v) is 5.84. The number of esters is 1. The number of methoxy groups -OCH3 is 1. The maximum absolute atomic E-state index is 12.8. The molecule has 186 valence electrons. The number of carbonyl (C=O) groups excluding carboxylic acids is 3. The molecule has 1 aliphatic carbocycles. The van der Waals surface area contributed by atoms with Crippen LogP contribution in [0.5, 0.6) is 0 Å². The third-order valence-electron chi connectivity index (χ3n) is 5.84. The van der Waals surface area contributed by atoms with Crippen molar-refractivity contribution in [1.82, 2.24) is 10.6 Å². The Morgan fingerprint density at radius 3 is 2.00 bits per heavy atom. The minimum Gasteiger partial charge on any atom is -0.481 e. The van der Waals surface area contributed by atoms with Gasteiger partial charge in [-0.15, -0.1) is 0 Å². The van der Waals surface area contributed by atoms with Gasteiger partial charge in [-0.3, -0.25) is 9.59 Å². The summed E-state index contributed by atoms with van der Waals surface area (Å²) in [7, 11) is 1.20. The number of amides is 2. The van der Waals surface area contributed by atoms with Crippen molar-refractivity contribution in [2.24, 2.45) is 5.92 Å². The molecule has 1 aliphatic rings. The monoisotopic (exact) mass is 482 g/mol. The van der Waals surface area contributed by atoms with Gasteiger partial charge >= 0.3 is 18.0 Å². The van der Waals surface area contributed by atoms with Crippen molar-refractivity contribution in [2.75, 3.05) is 13.7 Å². The standard InChI is InChI=1S/C26H30N2O7/c1-15(2)12-22(25(32)34-3)27-24(31)21(13-23(29)30)28-26(33)35-14-20-18-10-6-4-8-16(18)17-9-5-7-11-19(17)20/h4-11,15,20-22H,12-14H2,1-3H3,(H,27,31)(H,28,33)(H,29,30). The van der Waals surface area contributed by atoms with E-state index in [0.717, 1.165) is 22.3 Å². The van der Waals surface area contributed by atoms with Crippen LogP contribution in [0.4, 0.5) is 4.79 Å². The van der Waals surface area contributed by atoms with Crippen molar-refractivity contribution in [1.29, 1.82) is 0 Å². The van der Waals surface area contributed by atoms with Crippen molar-refractivity contribution in [3.05, 3.63) is 59.7 Å². The van der Waals surface area contributed by atoms with Gasteiger partial charge < -0.3 is 25.2 Å². The molecule has 3 rings (SSSR count). The molecule has 9 heteroatoms. The topological polar surface area (TPSA) is 131 Å². The lowest BCUT2D eigenvalue weighted by Gasteiger charge is -2.22. The van der Waals surface area contributed by atoms with Gasteiger partial charge in [-0.2, -0.15) is 0 Å². The number of hydrogen-bond donors (Lipinski definition) is 3. The Bertz CT molecular complexity index is 1050. The number of alkyl carbamates (subject to hydrolysis) is 1. The Balaban J connectivity index is 1.67. The second-order valence-corrected chi connectivity index (χ2v) is 8.83. The molecule has 9 nitrogen and oxygen atoms in total. The summed E-state index contributed by atoms with van der Waals surface area (Å²) in [5.74, 6) is -2.87. The smallest absolute Gasteiger partial charge is 0.407 e. The predicted molar refractivity (Wildman–Crippen MR) is 128 cm³/mol. The summed E-state index contributed by atoms with van der Waals surface area (Å²) in [6.45, 7) is 3.75. The van der Waals surface area contributed by atoms with Crippen LogP contribution in [0.15, 0.2) is 48.5 Å². The minimum atomic E-state index is -1.43. The molecule has 0 bridgehead atoms. The molecular formula is C26H30N2O7. The summed E-state index contributed by atoms with van der Waals surface area (Å²) < 4.78 is 10.2. The Labute approximate surface area is 203 Å². The second-order valence-electron chi connectivity index (χ2n) is 8.83. The van der Waals surface area contributed by atoms with Crippen LogP contribution in [0.2, 0.25) is 0 Å². The Morgan fingerprint density at radius 2 is 1.49 bits per heavy atom. The van der Waals surface area contributed by atoms with Crippen molar-refractivity contribution < 1.29 is 33.8 Å². The number of nitrogens with one attached hydrogen (secondary N) is 2. The molecular weight excluding hydrogens is 452 g/mol. The van der Waals surface area contributed by atoms with Crippen molar-refractivity contribution in [3.63, 3.8) is 0 Å². The molecule has 0 saturated carbocycles. The molecule has 0 radical (unpaired) electrons. The Kier molecular flexibility index (Phi) is 8.46. The summed E-state index contributed by atoms with van der Waals surface area (Å²) in [6.07, 6.45) is -1.30. The van der Waals surface area contributed by atoms with Crippen LogP contribution in [-0.4, -0.2) is 54.8 Å². The zero-order valence-electron chi connectivity index (χ0n) is 19.9. The van der Waals surface area contributed by atoms with E-state index in [4.69, 9.17) is 9.47 Å². The highest BCUT2D eigenvalue weighted by Crippen LogP contribution is 2.44. The molecule has 0 fully saturated rings. The summed E-state index contributed by atoms with van der Waals surface area (Å²) in [5, 5.41) is 14.1. The highest BCUT2D eigenvalue weighted by molar-refractivity contribution is 5.92. The van der Waals surface area contributed by atoms with Crippen molar-refractivity contribution in [2.45, 2.75) is 44.7 Å². The van der Waals surface area contributed by atoms with Gasteiger partial charge in [0.05, 0.1) is 13.5 Å². The number of carbonyl (C=O) groups is 4. The van der Waals surface area contributed by atoms with Crippen molar-refractivity contribution >= 4 is 23.9 Å². The number of ether oxygens (including phenoxy) is 2. The SMILES string of the molecule is COC(=O)C(CC(C)C)NC(=O)C(CC(=O)O)NC(=O)OCC1c2ccccc2-c2ccccc21. The lowest BCUT2D eigenvalue weighted by atomic mass is 9.98. The number of benzene rings is 2. The van der Waals surface area contributed by atoms with Gasteiger partial charge in [-0.05, 0) is 34.6 Å². The molecule has 0 spiro atoms. The minimum absolute atomic E-state index is 0.0133. The van der Waals surface area contributed by atoms with Crippen LogP contribution in [0.3, 0.4) is 0 Å². The fourth-order valence-electron chi connectivity index (χ4n) is 4.27. The summed E-state index contributed by atoms with van der Waals surface area (Å²) in [4.78, 5) is 48.7. The quantitative estimate of drug-likeness (QED) is 0.444. The molecule has 2 aromatic carbocycles. The van der Waals surface area contributed by atoms with Crippen LogP contribution in [-0.2, 0) is 23.9 Å². The zero-order valence-corrected chi connectivity index (χ0v) is 19.9. The van der Waals surface area contributed by atoms with E-state index in [1.54, 1.807) is 0 Å². The van der Waals surface area contributed by atoms with E-state index >= 15 is 0 Å². The lowest BCUT2D eigenvalue weighted by molar-refractivity contribution is -0.146. The van der Waals surface area contributed by atoms with Crippen LogP contribution < -0.4 is 10.6 Å². The zero-order chi connectivity index (χ0) is 25.5. The molecule has 3 N–H and O–H groups in total. The molecule has 0 heterocycles. The van der Waals surface area contributed by atoms with Gasteiger partial charge in [0, 0.05) is 5.92 Å². The normalized spacial score (nSPS) is 13.8. The number of hydrogen-bond acceptors (Lipinski definition) is 6. The predicted octanol–water partition coefficient (Wildman–Crippen LogP) is 3.07. The molecule has 2 atom stereocenters. The number of rotatable bonds is 10. The first-order valence-electron chi connectivity index (χ1n) is 11.4. The van der Waals surface area contributed by atoms with E-state index in [1.807, 2.05) is 62.4 Å². The fourth-order valence-corrected chi connectivity index (χ4v) is 4.27. The first-order chi connectivity index (χ1) is 16.7. The van der Waals surface area contributed by atoms with Gasteiger partial charge in [-0.1, -0.05) is 62.4 Å². The van der Waals surface area contributed by atoms with Gasteiger partial charge in [-0.25, -0.2) is 9.59 Å². The fraction of sp³-hybridized carbons (Fsp3) is 0.385. The highest BCUT2D eigenvalue weighted by atomic mass is 16.5. The third kappa shape index (κ3) is 6.38. The molecule has 2 aromatic rings. The first kappa shape index (κ1) is 25.7. The first-order valence-corrected chi connectivity index (χ1v) is 11.4. The average Bonchev–Trinajstić information content (AvgIpc) is 3.14. The summed E-state index contributed by atoms with van der Waals surface area (Å²) in [5.41, 5.74) is 4.19. The van der Waals surface area contributed by atoms with Crippen LogP contribution in [0, 0.1) is 5.92 Å². The van der Waals surface area contributed by atoms with Gasteiger partial charge in [0.2, 0.25) is 5.91 Å². The van der Waals surface area contributed by atoms with E-state index in [-0.39, 0.29) is 18.4 Å². The van der Waals surface area contributed by atoms with E-state index in [9.17, 15) is 24.3 Å². The average molecular weight is 483 g/mol. The van der Waals surface area contributed by atoms with Gasteiger partial charge in [0.1, 0.15) is 18.7 Å². The van der Waals surface area contributed by atoms with Crippen LogP contribution in [0.1, 0.15) is 43.7 Å². The molecule has 2 amide bonds. The Hall–Kier alpha value is -3.88. The Morgan fingerprint density at radius 1 is 0.914 bits per heavy atom. The molecule has 2 unspecified atom stereocenters. The number of carboxylic acid groups (broad SMARTS) is 1. The van der Waals surface area contributed by atoms with E-state index in [2.05, 4.69) is 10.6 Å². The molecule has 0 saturated heterocycles. The maximum Gasteiger partial charge on any atom is 0.407 e. The number of carboxylic acids is 1. The second kappa shape index (κ2) is 11.5. The van der Waals surface area contributed by atoms with E-state index in [1.165, 1.54) is 7.11 Å². The van der Waals surface area contributed by atoms with Crippen molar-refractivity contribution in [3.8, 4) is 11.1 Å². The van der Waals surface area contributed by atoms with Gasteiger partial charge in [0.15, 0.2) is 0 Å². The summed E-state index contributed by atoms with van der Waals surface area (Å²) in [6, 6.07) is 13.3.